The first kappa shape index (κ1) is 27.4. The van der Waals surface area contributed by atoms with Crippen LogP contribution in [0.1, 0.15) is 16.7 Å². The summed E-state index contributed by atoms with van der Waals surface area (Å²) in [6.07, 6.45) is 1.36. The minimum atomic E-state index is -3.77. The molecule has 2 amide bonds. The van der Waals surface area contributed by atoms with E-state index in [1.54, 1.807) is 18.2 Å². The van der Waals surface area contributed by atoms with Gasteiger partial charge in [0.2, 0.25) is 21.8 Å². The van der Waals surface area contributed by atoms with E-state index in [-0.39, 0.29) is 18.9 Å². The number of likely N-dealkylation sites (N-methyl/N-ethyl adjacent to an activating group) is 1. The number of carbonyl (C=O) groups is 2. The predicted molar refractivity (Wildman–Crippen MR) is 146 cm³/mol. The predicted octanol–water partition coefficient (Wildman–Crippen LogP) is 3.91. The molecule has 1 atom stereocenters. The van der Waals surface area contributed by atoms with Crippen molar-refractivity contribution in [1.82, 2.24) is 10.2 Å². The molecule has 0 aromatic heterocycles. The molecule has 9 heteroatoms. The molecule has 190 valence electrons. The summed E-state index contributed by atoms with van der Waals surface area (Å²) in [7, 11) is -2.25. The highest BCUT2D eigenvalue weighted by Crippen LogP contribution is 2.21. The van der Waals surface area contributed by atoms with Crippen molar-refractivity contribution < 1.29 is 18.0 Å². The Hall–Kier alpha value is -3.17. The van der Waals surface area contributed by atoms with E-state index >= 15 is 0 Å². The van der Waals surface area contributed by atoms with Crippen molar-refractivity contribution in [2.45, 2.75) is 25.9 Å². The summed E-state index contributed by atoms with van der Waals surface area (Å²) < 4.78 is 27.4. The zero-order chi connectivity index (χ0) is 26.3. The van der Waals surface area contributed by atoms with Gasteiger partial charge < -0.3 is 10.2 Å². The van der Waals surface area contributed by atoms with Crippen LogP contribution in [0.5, 0.6) is 0 Å². The van der Waals surface area contributed by atoms with E-state index in [2.05, 4.69) is 21.2 Å². The fourth-order valence-electron chi connectivity index (χ4n) is 3.90. The number of sulfonamides is 1. The summed E-state index contributed by atoms with van der Waals surface area (Å²) in [5, 5.41) is 2.67. The number of nitrogens with one attached hydrogen (secondary N) is 1. The molecule has 0 saturated carbocycles. The fourth-order valence-corrected chi connectivity index (χ4v) is 5.01. The third kappa shape index (κ3) is 7.41. The van der Waals surface area contributed by atoms with Crippen LogP contribution in [0.2, 0.25) is 0 Å². The number of hydrogen-bond acceptors (Lipinski definition) is 4. The standard InChI is InChI=1S/C27H30BrN3O4S/c1-20-8-7-11-24(16-20)31(36(3,34)35)19-26(32)30(18-22-12-14-23(28)15-13-22)25(27(33)29-2)17-21-9-5-4-6-10-21/h4-16,25H,17-19H2,1-3H3,(H,29,33)/t25-/m1/s1. The second kappa shape index (κ2) is 12.2. The molecule has 1 N–H and O–H groups in total. The number of aryl methyl sites for hydroxylation is 1. The van der Waals surface area contributed by atoms with Gasteiger partial charge in [0.25, 0.3) is 0 Å². The Balaban J connectivity index is 2.01. The van der Waals surface area contributed by atoms with Crippen LogP contribution in [0.4, 0.5) is 5.69 Å². The minimum absolute atomic E-state index is 0.141. The van der Waals surface area contributed by atoms with Crippen molar-refractivity contribution in [2.24, 2.45) is 0 Å². The number of nitrogens with zero attached hydrogens (tertiary/aromatic N) is 2. The molecule has 0 heterocycles. The Morgan fingerprint density at radius 1 is 0.944 bits per heavy atom. The summed E-state index contributed by atoms with van der Waals surface area (Å²) in [6.45, 7) is 1.57. The molecule has 0 unspecified atom stereocenters. The van der Waals surface area contributed by atoms with Gasteiger partial charge in [-0.1, -0.05) is 70.5 Å². The highest BCUT2D eigenvalue weighted by molar-refractivity contribution is 9.10. The minimum Gasteiger partial charge on any atom is -0.357 e. The van der Waals surface area contributed by atoms with Gasteiger partial charge in [-0.2, -0.15) is 0 Å². The smallest absolute Gasteiger partial charge is 0.244 e. The number of hydrogen-bond donors (Lipinski definition) is 1. The average Bonchev–Trinajstić information content (AvgIpc) is 2.85. The lowest BCUT2D eigenvalue weighted by Gasteiger charge is -2.33. The lowest BCUT2D eigenvalue weighted by Crippen LogP contribution is -2.52. The zero-order valence-electron chi connectivity index (χ0n) is 20.5. The van der Waals surface area contributed by atoms with E-state index in [0.717, 1.165) is 31.7 Å². The van der Waals surface area contributed by atoms with Gasteiger partial charge in [-0.15, -0.1) is 0 Å². The van der Waals surface area contributed by atoms with Gasteiger partial charge in [-0.3, -0.25) is 13.9 Å². The van der Waals surface area contributed by atoms with E-state index in [0.29, 0.717) is 5.69 Å². The summed E-state index contributed by atoms with van der Waals surface area (Å²) in [4.78, 5) is 28.3. The summed E-state index contributed by atoms with van der Waals surface area (Å²) in [6, 6.07) is 23.0. The topological polar surface area (TPSA) is 86.8 Å². The summed E-state index contributed by atoms with van der Waals surface area (Å²) in [5.74, 6) is -0.805. The monoisotopic (exact) mass is 571 g/mol. The van der Waals surface area contributed by atoms with E-state index in [4.69, 9.17) is 0 Å². The number of halogens is 1. The van der Waals surface area contributed by atoms with Crippen molar-refractivity contribution in [2.75, 3.05) is 24.2 Å². The Bertz CT molecular complexity index is 1300. The van der Waals surface area contributed by atoms with Crippen molar-refractivity contribution in [1.29, 1.82) is 0 Å². The van der Waals surface area contributed by atoms with Crippen molar-refractivity contribution >= 4 is 43.5 Å². The van der Waals surface area contributed by atoms with Crippen LogP contribution in [0.25, 0.3) is 0 Å². The molecule has 0 spiro atoms. The average molecular weight is 573 g/mol. The third-order valence-electron chi connectivity index (χ3n) is 5.75. The van der Waals surface area contributed by atoms with E-state index in [1.165, 1.54) is 11.9 Å². The molecular formula is C27H30BrN3O4S. The number of anilines is 1. The van der Waals surface area contributed by atoms with Gasteiger partial charge in [-0.25, -0.2) is 8.42 Å². The quantitative estimate of drug-likeness (QED) is 0.399. The van der Waals surface area contributed by atoms with Gasteiger partial charge in [-0.05, 0) is 47.9 Å². The molecule has 0 radical (unpaired) electrons. The van der Waals surface area contributed by atoms with Crippen molar-refractivity contribution in [3.8, 4) is 0 Å². The second-order valence-corrected chi connectivity index (χ2v) is 11.4. The highest BCUT2D eigenvalue weighted by atomic mass is 79.9. The summed E-state index contributed by atoms with van der Waals surface area (Å²) in [5.41, 5.74) is 2.97. The van der Waals surface area contributed by atoms with Crippen LogP contribution in [0.15, 0.2) is 83.3 Å². The van der Waals surface area contributed by atoms with Crippen molar-refractivity contribution in [3.05, 3.63) is 100 Å². The lowest BCUT2D eigenvalue weighted by molar-refractivity contribution is -0.139. The maximum Gasteiger partial charge on any atom is 0.244 e. The molecule has 0 fully saturated rings. The molecule has 3 aromatic rings. The Kier molecular flexibility index (Phi) is 9.28. The fraction of sp³-hybridized carbons (Fsp3) is 0.259. The number of carbonyl (C=O) groups excluding carboxylic acids is 2. The second-order valence-electron chi connectivity index (χ2n) is 8.58. The Morgan fingerprint density at radius 3 is 2.19 bits per heavy atom. The summed E-state index contributed by atoms with van der Waals surface area (Å²) >= 11 is 3.42. The molecule has 0 aliphatic heterocycles. The SMILES string of the molecule is CNC(=O)[C@@H](Cc1ccccc1)N(Cc1ccc(Br)cc1)C(=O)CN(c1cccc(C)c1)S(C)(=O)=O. The van der Waals surface area contributed by atoms with Gasteiger partial charge in [0.05, 0.1) is 11.9 Å². The Labute approximate surface area is 221 Å². The maximum atomic E-state index is 13.8. The van der Waals surface area contributed by atoms with Crippen LogP contribution in [-0.2, 0) is 32.6 Å². The van der Waals surface area contributed by atoms with Gasteiger partial charge in [0, 0.05) is 24.5 Å². The third-order valence-corrected chi connectivity index (χ3v) is 7.42. The van der Waals surface area contributed by atoms with Crippen LogP contribution in [0.3, 0.4) is 0 Å². The van der Waals surface area contributed by atoms with E-state index < -0.39 is 28.5 Å². The molecule has 0 aliphatic carbocycles. The largest absolute Gasteiger partial charge is 0.357 e. The van der Waals surface area contributed by atoms with E-state index in [1.807, 2.05) is 67.6 Å². The molecule has 0 saturated heterocycles. The van der Waals surface area contributed by atoms with Crippen LogP contribution in [-0.4, -0.2) is 51.0 Å². The van der Waals surface area contributed by atoms with Crippen LogP contribution in [0, 0.1) is 6.92 Å². The number of rotatable bonds is 10. The first-order chi connectivity index (χ1) is 17.1. The molecule has 36 heavy (non-hydrogen) atoms. The first-order valence-corrected chi connectivity index (χ1v) is 14.1. The molecule has 7 nitrogen and oxygen atoms in total. The van der Waals surface area contributed by atoms with Crippen LogP contribution >= 0.6 is 15.9 Å². The normalized spacial score (nSPS) is 12.0. The maximum absolute atomic E-state index is 13.8. The number of benzene rings is 3. The first-order valence-electron chi connectivity index (χ1n) is 11.4. The molecule has 0 aliphatic rings. The molecule has 0 bridgehead atoms. The van der Waals surface area contributed by atoms with Crippen molar-refractivity contribution in [3.63, 3.8) is 0 Å². The molecule has 3 rings (SSSR count). The zero-order valence-corrected chi connectivity index (χ0v) is 22.9. The number of amides is 2. The molecular weight excluding hydrogens is 542 g/mol. The van der Waals surface area contributed by atoms with Gasteiger partial charge in [0.15, 0.2) is 0 Å². The van der Waals surface area contributed by atoms with Crippen LogP contribution < -0.4 is 9.62 Å². The lowest BCUT2D eigenvalue weighted by atomic mass is 10.0. The Morgan fingerprint density at radius 2 is 1.61 bits per heavy atom. The molecule has 3 aromatic carbocycles. The van der Waals surface area contributed by atoms with Gasteiger partial charge in [0.1, 0.15) is 12.6 Å². The highest BCUT2D eigenvalue weighted by Gasteiger charge is 2.32. The van der Waals surface area contributed by atoms with Gasteiger partial charge >= 0.3 is 0 Å². The van der Waals surface area contributed by atoms with E-state index in [9.17, 15) is 18.0 Å².